The Kier molecular flexibility index (Phi) is 11.5. The monoisotopic (exact) mass is 554 g/mol. The molecule has 2 rings (SSSR count). The summed E-state index contributed by atoms with van der Waals surface area (Å²) in [6.45, 7) is 9.97. The molecule has 2 fully saturated rings. The summed E-state index contributed by atoms with van der Waals surface area (Å²) in [5.41, 5.74) is -0.642. The molecule has 2 aliphatic rings. The predicted molar refractivity (Wildman–Crippen MR) is 147 cm³/mol. The number of ketones is 1. The summed E-state index contributed by atoms with van der Waals surface area (Å²) in [4.78, 5) is 66.3. The number of hydrogen-bond acceptors (Lipinski definition) is 5. The van der Waals surface area contributed by atoms with Gasteiger partial charge in [0.15, 0.2) is 0 Å². The molecule has 1 saturated heterocycles. The Morgan fingerprint density at radius 1 is 1.05 bits per heavy atom. The van der Waals surface area contributed by atoms with E-state index in [2.05, 4.69) is 34.7 Å². The van der Waals surface area contributed by atoms with Gasteiger partial charge in [-0.3, -0.25) is 4.79 Å². The third-order valence-electron chi connectivity index (χ3n) is 7.19. The predicted octanol–water partition coefficient (Wildman–Crippen LogP) is 2.56. The van der Waals surface area contributed by atoms with Crippen molar-refractivity contribution in [1.29, 1.82) is 0 Å². The summed E-state index contributed by atoms with van der Waals surface area (Å²) >= 11 is 0. The van der Waals surface area contributed by atoms with Crippen LogP contribution in [0, 0.1) is 29.3 Å². The van der Waals surface area contributed by atoms with E-state index in [4.69, 9.17) is 6.13 Å². The van der Waals surface area contributed by atoms with Crippen molar-refractivity contribution in [2.45, 2.75) is 91.3 Å². The van der Waals surface area contributed by atoms with E-state index in [1.54, 1.807) is 0 Å². The van der Waals surface area contributed by atoms with Gasteiger partial charge in [-0.15, -0.1) is 0 Å². The maximum atomic E-state index is 13.8. The topological polar surface area (TPSA) is 137 Å². The van der Waals surface area contributed by atoms with Crippen LogP contribution in [0.25, 0.3) is 0 Å². The quantitative estimate of drug-likeness (QED) is 0.243. The number of Topliss-reactive ketones (excluding diaryl/α,β-unsaturated/α-hetero) is 1. The Balaban J connectivity index is 2.34. The van der Waals surface area contributed by atoms with Crippen LogP contribution in [0.5, 0.6) is 0 Å². The van der Waals surface area contributed by atoms with Crippen molar-refractivity contribution in [2.75, 3.05) is 6.54 Å². The van der Waals surface area contributed by atoms with Gasteiger partial charge >= 0.3 is 185 Å². The Hall–Kier alpha value is -2.01. The number of rotatable bonds is 10. The molecule has 0 aromatic carbocycles. The molecule has 4 N–H and O–H groups in total. The van der Waals surface area contributed by atoms with Crippen LogP contribution in [-0.2, 0) is 19.2 Å². The first-order valence-corrected chi connectivity index (χ1v) is 14.5. The fourth-order valence-corrected chi connectivity index (χ4v) is 5.45. The number of urea groups is 1. The summed E-state index contributed by atoms with van der Waals surface area (Å²) < 4.78 is 0. The first kappa shape index (κ1) is 31.2. The number of carbonyl (C=O) groups is 5. The number of likely N-dealkylation sites (tertiary alicyclic amines) is 1. The molecule has 0 aromatic heterocycles. The molecule has 5 amide bonds. The summed E-state index contributed by atoms with van der Waals surface area (Å²) in [6.07, 6.45) is 10.1. The van der Waals surface area contributed by atoms with Crippen LogP contribution < -0.4 is 20.8 Å². The Morgan fingerprint density at radius 2 is 1.70 bits per heavy atom. The van der Waals surface area contributed by atoms with E-state index in [1.807, 2.05) is 30.2 Å². The van der Waals surface area contributed by atoms with Gasteiger partial charge in [0.05, 0.1) is 0 Å². The van der Waals surface area contributed by atoms with E-state index < -0.39 is 47.2 Å². The zero-order chi connectivity index (χ0) is 27.9. The van der Waals surface area contributed by atoms with Crippen LogP contribution >= 0.6 is 17.6 Å². The van der Waals surface area contributed by atoms with Crippen LogP contribution in [0.1, 0.15) is 73.1 Å². The second-order valence-electron chi connectivity index (χ2n) is 11.6. The molecule has 37 heavy (non-hydrogen) atoms. The van der Waals surface area contributed by atoms with Gasteiger partial charge in [-0.25, -0.2) is 0 Å². The molecule has 1 aliphatic carbocycles. The molecule has 0 spiro atoms. The molecular weight excluding hydrogens is 512 g/mol. The summed E-state index contributed by atoms with van der Waals surface area (Å²) in [6, 6.07) is -3.25. The normalized spacial score (nSPS) is 21.4. The number of nitrogens with one attached hydrogen (secondary N) is 4. The van der Waals surface area contributed by atoms with Gasteiger partial charge in [0.2, 0.25) is 0 Å². The molecule has 0 bridgehead atoms. The van der Waals surface area contributed by atoms with Gasteiger partial charge in [0, 0.05) is 0 Å². The SMILES string of the molecule is C#[P+]NC(=O)N[C@H](C(=O)N1CC[C@H](CC(C)C)[C@H]1C(=O)NC(CC1CCC1)C(=O)C(=O)NP)C(C)(C)C. The molecule has 1 saturated carbocycles. The van der Waals surface area contributed by atoms with Gasteiger partial charge < -0.3 is 5.09 Å². The molecule has 10 nitrogen and oxygen atoms in total. The van der Waals surface area contributed by atoms with Gasteiger partial charge in [0.1, 0.15) is 0 Å². The van der Waals surface area contributed by atoms with Crippen molar-refractivity contribution in [3.8, 4) is 6.13 Å². The van der Waals surface area contributed by atoms with Crippen LogP contribution in [0.3, 0.4) is 0 Å². The fraction of sp³-hybridized carbons (Fsp3) is 0.760. The average Bonchev–Trinajstić information content (AvgIpc) is 3.19. The van der Waals surface area contributed by atoms with Crippen LogP contribution in [0.15, 0.2) is 0 Å². The van der Waals surface area contributed by atoms with Gasteiger partial charge in [0.25, 0.3) is 0 Å². The molecule has 0 radical (unpaired) electrons. The van der Waals surface area contributed by atoms with E-state index >= 15 is 0 Å². The fourth-order valence-electron chi connectivity index (χ4n) is 5.13. The first-order valence-electron chi connectivity index (χ1n) is 12.9. The van der Waals surface area contributed by atoms with E-state index in [-0.39, 0.29) is 31.8 Å². The minimum absolute atomic E-state index is 0.115. The summed E-state index contributed by atoms with van der Waals surface area (Å²) in [5, 5.41) is 10.2. The standard InChI is InChI=1S/C25H41N5O5P2/c1-14(2)12-16-10-11-30(23(34)20(25(3,4)5)27-24(35)29-37-6)18(16)21(32)26-17(13-15-8-7-9-15)19(31)22(33)28-36/h6,14-18,20H,7-13,36H2,1-5H3,(H3-,26,27,28,29,32,33,35)/p+1/t16-,17?,18+,20-/m1/s1. The summed E-state index contributed by atoms with van der Waals surface area (Å²) in [7, 11) is 2.17. The van der Waals surface area contributed by atoms with Crippen LogP contribution in [0.2, 0.25) is 0 Å². The Morgan fingerprint density at radius 3 is 2.19 bits per heavy atom. The summed E-state index contributed by atoms with van der Waals surface area (Å²) in [5.74, 6) is -1.84. The first-order chi connectivity index (χ1) is 17.3. The van der Waals surface area contributed by atoms with E-state index in [9.17, 15) is 24.0 Å². The minimum atomic E-state index is -0.957. The number of amides is 5. The number of nitrogens with zero attached hydrogens (tertiary/aromatic N) is 1. The van der Waals surface area contributed by atoms with Gasteiger partial charge in [-0.05, 0) is 9.39 Å². The molecule has 1 aliphatic heterocycles. The van der Waals surface area contributed by atoms with E-state index in [0.29, 0.717) is 19.4 Å². The van der Waals surface area contributed by atoms with Crippen molar-refractivity contribution in [3.05, 3.63) is 0 Å². The molecule has 2 unspecified atom stereocenters. The van der Waals surface area contributed by atoms with Crippen molar-refractivity contribution in [3.63, 3.8) is 0 Å². The molecule has 206 valence electrons. The van der Waals surface area contributed by atoms with Crippen molar-refractivity contribution < 1.29 is 24.0 Å². The third kappa shape index (κ3) is 8.49. The maximum absolute atomic E-state index is 13.8. The number of carbonyl (C=O) groups excluding carboxylic acids is 5. The average molecular weight is 555 g/mol. The molecule has 1 heterocycles. The van der Waals surface area contributed by atoms with Crippen LogP contribution in [0.4, 0.5) is 4.79 Å². The van der Waals surface area contributed by atoms with E-state index in [1.165, 1.54) is 4.90 Å². The molecule has 0 aromatic rings. The van der Waals surface area contributed by atoms with Crippen molar-refractivity contribution >= 4 is 47.1 Å². The van der Waals surface area contributed by atoms with Gasteiger partial charge in [-0.1, -0.05) is 19.3 Å². The van der Waals surface area contributed by atoms with E-state index in [0.717, 1.165) is 25.7 Å². The van der Waals surface area contributed by atoms with Crippen molar-refractivity contribution in [2.24, 2.45) is 23.2 Å². The Bertz CT molecular complexity index is 925. The Labute approximate surface area is 224 Å². The van der Waals surface area contributed by atoms with Crippen LogP contribution in [-0.4, -0.2) is 59.1 Å². The third-order valence-corrected chi connectivity index (χ3v) is 7.78. The number of hydrogen-bond donors (Lipinski definition) is 4. The zero-order valence-corrected chi connectivity index (χ0v) is 24.6. The molecular formula is C25H42N5O5P2+. The second kappa shape index (κ2) is 13.7. The zero-order valence-electron chi connectivity index (χ0n) is 22.5. The molecule has 12 heteroatoms. The molecule has 5 atom stereocenters. The van der Waals surface area contributed by atoms with Gasteiger partial charge in [-0.2, -0.15) is 0 Å². The van der Waals surface area contributed by atoms with Crippen molar-refractivity contribution in [1.82, 2.24) is 25.7 Å². The second-order valence-corrected chi connectivity index (χ2v) is 12.4.